The number of rotatable bonds is 5. The minimum absolute atomic E-state index is 0.157. The monoisotopic (exact) mass is 342 g/mol. The fourth-order valence-electron chi connectivity index (χ4n) is 2.29. The molecule has 0 radical (unpaired) electrons. The second-order valence-electron chi connectivity index (χ2n) is 5.75. The Hall–Kier alpha value is -1.74. The lowest BCUT2D eigenvalue weighted by molar-refractivity contribution is -0.133. The first kappa shape index (κ1) is 17.6. The summed E-state index contributed by atoms with van der Waals surface area (Å²) in [6.45, 7) is 2.72. The Balaban J connectivity index is 1.92. The fraction of sp³-hybridized carbons (Fsp3) is 0.643. The largest absolute Gasteiger partial charge is 0.471 e. The number of amides is 1. The quantitative estimate of drug-likeness (QED) is 0.750. The molecule has 0 aliphatic carbocycles. The topological polar surface area (TPSA) is 92.7 Å². The lowest BCUT2D eigenvalue weighted by atomic mass is 10.1. The summed E-state index contributed by atoms with van der Waals surface area (Å²) < 4.78 is 29.6. The number of carbonyl (C=O) groups is 1. The molecule has 0 bridgehead atoms. The molecule has 0 saturated carbocycles. The van der Waals surface area contributed by atoms with Crippen LogP contribution in [0.1, 0.15) is 18.5 Å². The van der Waals surface area contributed by atoms with Gasteiger partial charge in [-0.2, -0.15) is 9.40 Å². The zero-order valence-corrected chi connectivity index (χ0v) is 14.4. The number of aromatic nitrogens is 2. The van der Waals surface area contributed by atoms with E-state index in [0.717, 1.165) is 29.1 Å². The lowest BCUT2D eigenvalue weighted by Crippen LogP contribution is -2.48. The van der Waals surface area contributed by atoms with Crippen molar-refractivity contribution in [1.29, 1.82) is 0 Å². The predicted octanol–water partition coefficient (Wildman–Crippen LogP) is 0.0462. The maximum Gasteiger partial charge on any atom is 0.238 e. The van der Waals surface area contributed by atoms with E-state index in [1.54, 1.807) is 11.0 Å². The molecule has 23 heavy (non-hydrogen) atoms. The van der Waals surface area contributed by atoms with Crippen LogP contribution >= 0.6 is 0 Å². The van der Waals surface area contributed by atoms with Crippen molar-refractivity contribution < 1.29 is 17.9 Å². The molecule has 2 rings (SSSR count). The Kier molecular flexibility index (Phi) is 5.53. The first-order valence-electron chi connectivity index (χ1n) is 7.42. The summed E-state index contributed by atoms with van der Waals surface area (Å²) in [5.74, 6) is 0.212. The molecule has 1 aromatic heterocycles. The van der Waals surface area contributed by atoms with Crippen molar-refractivity contribution >= 4 is 15.9 Å². The van der Waals surface area contributed by atoms with Gasteiger partial charge in [0.25, 0.3) is 0 Å². The van der Waals surface area contributed by atoms with Crippen LogP contribution in [0.15, 0.2) is 12.1 Å². The highest BCUT2D eigenvalue weighted by atomic mass is 32.2. The number of likely N-dealkylation sites (N-methyl/N-ethyl adjacent to an activating group) is 1. The SMILES string of the molecule is Cc1ccc(O[C@@H]2CCCN(C(=O)CN(C)S(C)(=O)=O)C2)nn1. The number of nitrogens with zero attached hydrogens (tertiary/aromatic N) is 4. The molecule has 0 N–H and O–H groups in total. The third kappa shape index (κ3) is 5.14. The normalized spacial score (nSPS) is 19.0. The second kappa shape index (κ2) is 7.22. The van der Waals surface area contributed by atoms with E-state index < -0.39 is 10.0 Å². The highest BCUT2D eigenvalue weighted by molar-refractivity contribution is 7.88. The Labute approximate surface area is 136 Å². The van der Waals surface area contributed by atoms with E-state index in [9.17, 15) is 13.2 Å². The average Bonchev–Trinajstić information content (AvgIpc) is 2.49. The van der Waals surface area contributed by atoms with Crippen molar-refractivity contribution in [3.63, 3.8) is 0 Å². The van der Waals surface area contributed by atoms with Gasteiger partial charge in [0.2, 0.25) is 21.8 Å². The molecular weight excluding hydrogens is 320 g/mol. The molecule has 1 fully saturated rings. The maximum atomic E-state index is 12.2. The average molecular weight is 342 g/mol. The van der Waals surface area contributed by atoms with E-state index in [0.29, 0.717) is 19.0 Å². The highest BCUT2D eigenvalue weighted by Gasteiger charge is 2.27. The molecule has 128 valence electrons. The first-order chi connectivity index (χ1) is 10.8. The Morgan fingerprint density at radius 1 is 1.43 bits per heavy atom. The van der Waals surface area contributed by atoms with Crippen LogP contribution in [0.5, 0.6) is 5.88 Å². The van der Waals surface area contributed by atoms with Gasteiger partial charge in [-0.15, -0.1) is 5.10 Å². The molecule has 0 spiro atoms. The zero-order valence-electron chi connectivity index (χ0n) is 13.6. The fourth-order valence-corrected chi connectivity index (χ4v) is 2.63. The third-order valence-corrected chi connectivity index (χ3v) is 4.98. The second-order valence-corrected chi connectivity index (χ2v) is 7.84. The summed E-state index contributed by atoms with van der Waals surface area (Å²) >= 11 is 0. The van der Waals surface area contributed by atoms with Gasteiger partial charge in [-0.25, -0.2) is 8.42 Å². The summed E-state index contributed by atoms with van der Waals surface area (Å²) in [5, 5.41) is 7.90. The molecule has 8 nitrogen and oxygen atoms in total. The summed E-state index contributed by atoms with van der Waals surface area (Å²) in [4.78, 5) is 13.9. The molecule has 9 heteroatoms. The van der Waals surface area contributed by atoms with Gasteiger partial charge < -0.3 is 9.64 Å². The standard InChI is InChI=1S/C14H22N4O4S/c1-11-6-7-13(16-15-11)22-12-5-4-8-18(9-12)14(19)10-17(2)23(3,20)21/h6-7,12H,4-5,8-10H2,1-3H3/t12-/m1/s1. The molecule has 0 aromatic carbocycles. The van der Waals surface area contributed by atoms with E-state index >= 15 is 0 Å². The number of carbonyl (C=O) groups excluding carboxylic acids is 1. The maximum absolute atomic E-state index is 12.2. The van der Waals surface area contributed by atoms with Gasteiger partial charge in [0.15, 0.2) is 0 Å². The van der Waals surface area contributed by atoms with Crippen molar-refractivity contribution in [3.05, 3.63) is 17.8 Å². The molecule has 0 unspecified atom stereocenters. The molecule has 1 saturated heterocycles. The van der Waals surface area contributed by atoms with Gasteiger partial charge in [-0.05, 0) is 25.8 Å². The molecule has 1 atom stereocenters. The van der Waals surface area contributed by atoms with E-state index in [4.69, 9.17) is 4.74 Å². The number of aryl methyl sites for hydroxylation is 1. The van der Waals surface area contributed by atoms with E-state index in [1.165, 1.54) is 7.05 Å². The zero-order chi connectivity index (χ0) is 17.0. The highest BCUT2D eigenvalue weighted by Crippen LogP contribution is 2.16. The molecule has 1 amide bonds. The predicted molar refractivity (Wildman–Crippen MR) is 84.5 cm³/mol. The van der Waals surface area contributed by atoms with Gasteiger partial charge in [0, 0.05) is 19.7 Å². The van der Waals surface area contributed by atoms with Gasteiger partial charge >= 0.3 is 0 Å². The van der Waals surface area contributed by atoms with Crippen molar-refractivity contribution in [3.8, 4) is 5.88 Å². The molecule has 2 heterocycles. The first-order valence-corrected chi connectivity index (χ1v) is 9.26. The van der Waals surface area contributed by atoms with Crippen LogP contribution in [0.2, 0.25) is 0 Å². The number of hydrogen-bond acceptors (Lipinski definition) is 6. The number of sulfonamides is 1. The number of piperidine rings is 1. The van der Waals surface area contributed by atoms with Crippen LogP contribution in [-0.2, 0) is 14.8 Å². The van der Waals surface area contributed by atoms with Crippen LogP contribution in [0.4, 0.5) is 0 Å². The number of likely N-dealkylation sites (tertiary alicyclic amines) is 1. The van der Waals surface area contributed by atoms with Gasteiger partial charge in [0.1, 0.15) is 6.10 Å². The third-order valence-electron chi connectivity index (χ3n) is 3.72. The van der Waals surface area contributed by atoms with Gasteiger partial charge in [-0.3, -0.25) is 4.79 Å². The Bertz CT molecular complexity index is 647. The van der Waals surface area contributed by atoms with E-state index in [-0.39, 0.29) is 18.6 Å². The minimum Gasteiger partial charge on any atom is -0.471 e. The van der Waals surface area contributed by atoms with Crippen LogP contribution < -0.4 is 4.74 Å². The summed E-state index contributed by atoms with van der Waals surface area (Å²) in [7, 11) is -1.97. The Morgan fingerprint density at radius 3 is 2.78 bits per heavy atom. The van der Waals surface area contributed by atoms with Gasteiger partial charge in [0.05, 0.1) is 25.0 Å². The van der Waals surface area contributed by atoms with E-state index in [2.05, 4.69) is 10.2 Å². The van der Waals surface area contributed by atoms with Crippen molar-refractivity contribution in [1.82, 2.24) is 19.4 Å². The van der Waals surface area contributed by atoms with Crippen LogP contribution in [0.25, 0.3) is 0 Å². The van der Waals surface area contributed by atoms with Crippen LogP contribution in [-0.4, -0.2) is 72.8 Å². The lowest BCUT2D eigenvalue weighted by Gasteiger charge is -2.33. The summed E-state index contributed by atoms with van der Waals surface area (Å²) in [6.07, 6.45) is 2.55. The van der Waals surface area contributed by atoms with Crippen molar-refractivity contribution in [2.45, 2.75) is 25.9 Å². The summed E-state index contributed by atoms with van der Waals surface area (Å²) in [6, 6.07) is 3.57. The van der Waals surface area contributed by atoms with Crippen molar-refractivity contribution in [2.75, 3.05) is 32.9 Å². The molecular formula is C14H22N4O4S. The van der Waals surface area contributed by atoms with Gasteiger partial charge in [-0.1, -0.05) is 0 Å². The summed E-state index contributed by atoms with van der Waals surface area (Å²) in [5.41, 5.74) is 0.807. The smallest absolute Gasteiger partial charge is 0.238 e. The Morgan fingerprint density at radius 2 is 2.17 bits per heavy atom. The molecule has 1 aliphatic rings. The van der Waals surface area contributed by atoms with Crippen molar-refractivity contribution in [2.24, 2.45) is 0 Å². The van der Waals surface area contributed by atoms with Crippen LogP contribution in [0, 0.1) is 6.92 Å². The number of hydrogen-bond donors (Lipinski definition) is 0. The minimum atomic E-state index is -3.37. The number of ether oxygens (including phenoxy) is 1. The van der Waals surface area contributed by atoms with E-state index in [1.807, 2.05) is 13.0 Å². The van der Waals surface area contributed by atoms with Crippen LogP contribution in [0.3, 0.4) is 0 Å². The molecule has 1 aromatic rings. The molecule has 1 aliphatic heterocycles.